The molecule has 1 saturated carbocycles. The van der Waals surface area contributed by atoms with E-state index in [1.165, 1.54) is 25.7 Å². The standard InChI is InChI=1S/C17H26ClIN2/c1-5-6-13-14(19)15(18)21-16(20-13)11-7-9-12(10-8-11)17(2,3)4/h11-12H,5-10H2,1-4H3. The van der Waals surface area contributed by atoms with E-state index < -0.39 is 0 Å². The zero-order chi connectivity index (χ0) is 15.6. The molecule has 1 fully saturated rings. The fourth-order valence-electron chi connectivity index (χ4n) is 3.28. The highest BCUT2D eigenvalue weighted by Gasteiger charge is 2.31. The number of hydrogen-bond acceptors (Lipinski definition) is 2. The van der Waals surface area contributed by atoms with E-state index in [4.69, 9.17) is 16.6 Å². The minimum absolute atomic E-state index is 0.420. The van der Waals surface area contributed by atoms with Crippen LogP contribution in [0.25, 0.3) is 0 Å². The van der Waals surface area contributed by atoms with Crippen molar-refractivity contribution < 1.29 is 0 Å². The molecule has 0 saturated heterocycles. The molecule has 0 radical (unpaired) electrons. The van der Waals surface area contributed by atoms with Crippen LogP contribution in [-0.4, -0.2) is 9.97 Å². The lowest BCUT2D eigenvalue weighted by molar-refractivity contribution is 0.167. The highest BCUT2D eigenvalue weighted by Crippen LogP contribution is 2.42. The topological polar surface area (TPSA) is 25.8 Å². The molecule has 0 bridgehead atoms. The van der Waals surface area contributed by atoms with Gasteiger partial charge in [0.1, 0.15) is 11.0 Å². The molecule has 2 rings (SSSR count). The highest BCUT2D eigenvalue weighted by molar-refractivity contribution is 14.1. The zero-order valence-electron chi connectivity index (χ0n) is 13.5. The van der Waals surface area contributed by atoms with Crippen molar-refractivity contribution in [3.8, 4) is 0 Å². The van der Waals surface area contributed by atoms with Crippen molar-refractivity contribution in [2.24, 2.45) is 11.3 Å². The van der Waals surface area contributed by atoms with Crippen molar-refractivity contribution in [1.82, 2.24) is 9.97 Å². The first-order valence-corrected chi connectivity index (χ1v) is 9.50. The molecule has 0 unspecified atom stereocenters. The van der Waals surface area contributed by atoms with Crippen molar-refractivity contribution >= 4 is 34.2 Å². The molecule has 118 valence electrons. The monoisotopic (exact) mass is 420 g/mol. The van der Waals surface area contributed by atoms with Gasteiger partial charge in [-0.15, -0.1) is 0 Å². The van der Waals surface area contributed by atoms with Crippen LogP contribution in [0.4, 0.5) is 0 Å². The van der Waals surface area contributed by atoms with Gasteiger partial charge in [-0.05, 0) is 66.0 Å². The molecule has 1 aromatic rings. The quantitative estimate of drug-likeness (QED) is 0.442. The first-order chi connectivity index (χ1) is 9.82. The Balaban J connectivity index is 2.13. The molecule has 1 aliphatic rings. The molecule has 21 heavy (non-hydrogen) atoms. The van der Waals surface area contributed by atoms with E-state index in [1.54, 1.807) is 0 Å². The molecule has 2 nitrogen and oxygen atoms in total. The van der Waals surface area contributed by atoms with Gasteiger partial charge in [0.25, 0.3) is 0 Å². The molecular formula is C17H26ClIN2. The predicted octanol–water partition coefficient (Wildman–Crippen LogP) is 6.01. The Morgan fingerprint density at radius 3 is 2.29 bits per heavy atom. The number of rotatable bonds is 3. The maximum atomic E-state index is 6.32. The van der Waals surface area contributed by atoms with Gasteiger partial charge in [0, 0.05) is 5.92 Å². The molecule has 0 N–H and O–H groups in total. The summed E-state index contributed by atoms with van der Waals surface area (Å²) in [5.41, 5.74) is 1.55. The average molecular weight is 421 g/mol. The molecule has 1 heterocycles. The van der Waals surface area contributed by atoms with Crippen LogP contribution in [0.1, 0.15) is 77.2 Å². The van der Waals surface area contributed by atoms with Gasteiger partial charge in [-0.25, -0.2) is 9.97 Å². The number of aromatic nitrogens is 2. The molecule has 4 heteroatoms. The summed E-state index contributed by atoms with van der Waals surface area (Å²) in [5, 5.41) is 0.641. The van der Waals surface area contributed by atoms with Crippen LogP contribution in [0.2, 0.25) is 5.15 Å². The SMILES string of the molecule is CCCc1nc(C2CCC(C(C)(C)C)CC2)nc(Cl)c1I. The second-order valence-corrected chi connectivity index (χ2v) is 8.73. The van der Waals surface area contributed by atoms with Crippen molar-refractivity contribution in [3.05, 3.63) is 20.2 Å². The van der Waals surface area contributed by atoms with Gasteiger partial charge < -0.3 is 0 Å². The molecular weight excluding hydrogens is 395 g/mol. The molecule has 0 aliphatic heterocycles. The Bertz CT molecular complexity index is 488. The zero-order valence-corrected chi connectivity index (χ0v) is 16.5. The fraction of sp³-hybridized carbons (Fsp3) is 0.765. The Morgan fingerprint density at radius 1 is 1.14 bits per heavy atom. The minimum Gasteiger partial charge on any atom is -0.236 e. The molecule has 1 aliphatic carbocycles. The van der Waals surface area contributed by atoms with Gasteiger partial charge in [0.15, 0.2) is 0 Å². The normalized spacial score (nSPS) is 23.3. The Morgan fingerprint density at radius 2 is 1.76 bits per heavy atom. The van der Waals surface area contributed by atoms with Crippen LogP contribution in [0, 0.1) is 14.9 Å². The molecule has 0 amide bonds. The van der Waals surface area contributed by atoms with Gasteiger partial charge in [0.2, 0.25) is 0 Å². The van der Waals surface area contributed by atoms with Crippen molar-refractivity contribution in [1.29, 1.82) is 0 Å². The maximum absolute atomic E-state index is 6.32. The Kier molecular flexibility index (Phi) is 5.91. The van der Waals surface area contributed by atoms with Crippen LogP contribution in [-0.2, 0) is 6.42 Å². The van der Waals surface area contributed by atoms with E-state index in [0.29, 0.717) is 16.5 Å². The van der Waals surface area contributed by atoms with E-state index in [1.807, 2.05) is 0 Å². The predicted molar refractivity (Wildman–Crippen MR) is 97.9 cm³/mol. The van der Waals surface area contributed by atoms with Crippen molar-refractivity contribution in [3.63, 3.8) is 0 Å². The van der Waals surface area contributed by atoms with E-state index in [2.05, 4.69) is 55.3 Å². The van der Waals surface area contributed by atoms with Gasteiger partial charge in [-0.1, -0.05) is 45.7 Å². The lowest BCUT2D eigenvalue weighted by Crippen LogP contribution is -2.26. The summed E-state index contributed by atoms with van der Waals surface area (Å²) >= 11 is 8.59. The van der Waals surface area contributed by atoms with Crippen molar-refractivity contribution in [2.75, 3.05) is 0 Å². The second kappa shape index (κ2) is 7.12. The summed E-state index contributed by atoms with van der Waals surface area (Å²) in [6.07, 6.45) is 7.05. The Labute approximate surface area is 147 Å². The van der Waals surface area contributed by atoms with E-state index in [9.17, 15) is 0 Å². The lowest BCUT2D eigenvalue weighted by atomic mass is 9.69. The highest BCUT2D eigenvalue weighted by atomic mass is 127. The largest absolute Gasteiger partial charge is 0.236 e. The minimum atomic E-state index is 0.420. The third-order valence-corrected chi connectivity index (χ3v) is 6.43. The van der Waals surface area contributed by atoms with E-state index in [0.717, 1.165) is 33.8 Å². The van der Waals surface area contributed by atoms with Crippen LogP contribution in [0.5, 0.6) is 0 Å². The molecule has 1 aromatic heterocycles. The number of halogens is 2. The van der Waals surface area contributed by atoms with E-state index >= 15 is 0 Å². The van der Waals surface area contributed by atoms with Crippen molar-refractivity contribution in [2.45, 2.75) is 72.1 Å². The van der Waals surface area contributed by atoms with Crippen LogP contribution < -0.4 is 0 Å². The summed E-state index contributed by atoms with van der Waals surface area (Å²) in [7, 11) is 0. The summed E-state index contributed by atoms with van der Waals surface area (Å²) < 4.78 is 1.03. The lowest BCUT2D eigenvalue weighted by Gasteiger charge is -2.36. The van der Waals surface area contributed by atoms with Gasteiger partial charge in [-0.3, -0.25) is 0 Å². The number of aryl methyl sites for hydroxylation is 1. The summed E-state index contributed by atoms with van der Waals surface area (Å²) in [6.45, 7) is 9.25. The molecule has 0 aromatic carbocycles. The number of hydrogen-bond donors (Lipinski definition) is 0. The van der Waals surface area contributed by atoms with Crippen LogP contribution in [0.15, 0.2) is 0 Å². The fourth-order valence-corrected chi connectivity index (χ4v) is 3.99. The molecule has 0 spiro atoms. The van der Waals surface area contributed by atoms with Gasteiger partial charge in [-0.2, -0.15) is 0 Å². The second-order valence-electron chi connectivity index (χ2n) is 7.30. The maximum Gasteiger partial charge on any atom is 0.146 e. The first-order valence-electron chi connectivity index (χ1n) is 8.04. The van der Waals surface area contributed by atoms with Gasteiger partial charge >= 0.3 is 0 Å². The number of nitrogens with zero attached hydrogens (tertiary/aromatic N) is 2. The average Bonchev–Trinajstić information content (AvgIpc) is 2.43. The third-order valence-electron chi connectivity index (χ3n) is 4.70. The van der Waals surface area contributed by atoms with Crippen LogP contribution >= 0.6 is 34.2 Å². The smallest absolute Gasteiger partial charge is 0.146 e. The molecule has 0 atom stereocenters. The summed E-state index contributed by atoms with van der Waals surface area (Å²) in [6, 6.07) is 0. The summed E-state index contributed by atoms with van der Waals surface area (Å²) in [4.78, 5) is 9.40. The Hall–Kier alpha value is 0.100. The third kappa shape index (κ3) is 4.31. The van der Waals surface area contributed by atoms with Crippen LogP contribution in [0.3, 0.4) is 0 Å². The first kappa shape index (κ1) is 17.5. The van der Waals surface area contributed by atoms with E-state index in [-0.39, 0.29) is 0 Å². The summed E-state index contributed by atoms with van der Waals surface area (Å²) in [5.74, 6) is 2.30. The van der Waals surface area contributed by atoms with Gasteiger partial charge in [0.05, 0.1) is 9.26 Å².